The van der Waals surface area contributed by atoms with Crippen molar-refractivity contribution in [1.82, 2.24) is 14.7 Å². The van der Waals surface area contributed by atoms with Gasteiger partial charge in [0.05, 0.1) is 0 Å². The molecule has 2 aliphatic heterocycles. The molecule has 2 saturated heterocycles. The first-order valence-corrected chi connectivity index (χ1v) is 8.72. The number of carbonyl (C=O) groups is 2. The molecular weight excluding hydrogens is 323 g/mol. The third kappa shape index (κ3) is 3.92. The maximum Gasteiger partial charge on any atom is 0.325 e. The minimum absolute atomic E-state index is 0.0242. The first kappa shape index (κ1) is 17.7. The normalized spacial score (nSPS) is 19.6. The number of halogens is 1. The van der Waals surface area contributed by atoms with Crippen LogP contribution in [0.1, 0.15) is 12.8 Å². The van der Waals surface area contributed by atoms with Crippen molar-refractivity contribution in [3.05, 3.63) is 30.1 Å². The Labute approximate surface area is 147 Å². The van der Waals surface area contributed by atoms with Crippen molar-refractivity contribution >= 4 is 17.6 Å². The molecule has 0 bridgehead atoms. The summed E-state index contributed by atoms with van der Waals surface area (Å²) in [6.45, 7) is 3.09. The highest BCUT2D eigenvalue weighted by Gasteiger charge is 2.33. The smallest absolute Gasteiger partial charge is 0.325 e. The number of amides is 3. The first-order chi connectivity index (χ1) is 12.0. The summed E-state index contributed by atoms with van der Waals surface area (Å²) >= 11 is 0. The Morgan fingerprint density at radius 3 is 2.44 bits per heavy atom. The Morgan fingerprint density at radius 1 is 1.16 bits per heavy atom. The van der Waals surface area contributed by atoms with Crippen LogP contribution in [0.25, 0.3) is 0 Å². The van der Waals surface area contributed by atoms with E-state index in [4.69, 9.17) is 0 Å². The van der Waals surface area contributed by atoms with E-state index < -0.39 is 0 Å². The van der Waals surface area contributed by atoms with E-state index in [1.54, 1.807) is 26.8 Å². The molecule has 1 aromatic rings. The van der Waals surface area contributed by atoms with E-state index in [0.29, 0.717) is 18.8 Å². The Balaban J connectivity index is 1.57. The van der Waals surface area contributed by atoms with E-state index >= 15 is 0 Å². The zero-order valence-corrected chi connectivity index (χ0v) is 14.8. The van der Waals surface area contributed by atoms with Gasteiger partial charge in [0, 0.05) is 31.9 Å². The third-order valence-corrected chi connectivity index (χ3v) is 5.19. The fourth-order valence-electron chi connectivity index (χ4n) is 3.45. The van der Waals surface area contributed by atoms with E-state index in [-0.39, 0.29) is 30.3 Å². The Hall–Kier alpha value is -2.15. The van der Waals surface area contributed by atoms with Gasteiger partial charge in [0.15, 0.2) is 0 Å². The highest BCUT2D eigenvalue weighted by Crippen LogP contribution is 2.21. The van der Waals surface area contributed by atoms with Crippen LogP contribution in [0, 0.1) is 5.82 Å². The van der Waals surface area contributed by atoms with E-state index in [0.717, 1.165) is 25.9 Å². The molecule has 1 aromatic carbocycles. The van der Waals surface area contributed by atoms with Gasteiger partial charge in [0.2, 0.25) is 5.91 Å². The van der Waals surface area contributed by atoms with Gasteiger partial charge in [-0.2, -0.15) is 0 Å². The van der Waals surface area contributed by atoms with Crippen molar-refractivity contribution in [2.45, 2.75) is 18.9 Å². The van der Waals surface area contributed by atoms with Gasteiger partial charge in [-0.1, -0.05) is 0 Å². The van der Waals surface area contributed by atoms with Crippen LogP contribution in [0.15, 0.2) is 24.3 Å². The average Bonchev–Trinajstić information content (AvgIpc) is 2.96. The molecule has 0 saturated carbocycles. The summed E-state index contributed by atoms with van der Waals surface area (Å²) in [7, 11) is 3.92. The summed E-state index contributed by atoms with van der Waals surface area (Å²) in [6, 6.07) is 5.90. The van der Waals surface area contributed by atoms with Crippen LogP contribution in [0.4, 0.5) is 14.9 Å². The lowest BCUT2D eigenvalue weighted by Gasteiger charge is -2.35. The Kier molecular flexibility index (Phi) is 5.22. The number of benzene rings is 1. The molecule has 7 heteroatoms. The maximum absolute atomic E-state index is 13.0. The number of hydrogen-bond acceptors (Lipinski definition) is 3. The summed E-state index contributed by atoms with van der Waals surface area (Å²) in [6.07, 6.45) is 1.93. The van der Waals surface area contributed by atoms with Crippen molar-refractivity contribution in [3.8, 4) is 0 Å². The van der Waals surface area contributed by atoms with Crippen molar-refractivity contribution < 1.29 is 14.0 Å². The van der Waals surface area contributed by atoms with Gasteiger partial charge in [-0.15, -0.1) is 0 Å². The number of carbonyl (C=O) groups excluding carboxylic acids is 2. The van der Waals surface area contributed by atoms with Crippen LogP contribution in [0.3, 0.4) is 0 Å². The third-order valence-electron chi connectivity index (χ3n) is 5.19. The second-order valence-electron chi connectivity index (χ2n) is 6.87. The highest BCUT2D eigenvalue weighted by atomic mass is 19.1. The minimum atomic E-state index is -0.331. The number of likely N-dealkylation sites (N-methyl/N-ethyl adjacent to an activating group) is 1. The van der Waals surface area contributed by atoms with E-state index in [1.165, 1.54) is 12.1 Å². The molecule has 6 nitrogen and oxygen atoms in total. The number of piperidine rings is 1. The monoisotopic (exact) mass is 348 g/mol. The Morgan fingerprint density at radius 2 is 1.80 bits per heavy atom. The Bertz CT molecular complexity index is 628. The minimum Gasteiger partial charge on any atom is -0.341 e. The molecule has 0 atom stereocenters. The molecule has 2 heterocycles. The second-order valence-corrected chi connectivity index (χ2v) is 6.87. The van der Waals surface area contributed by atoms with Crippen molar-refractivity contribution in [3.63, 3.8) is 0 Å². The molecule has 0 N–H and O–H groups in total. The zero-order chi connectivity index (χ0) is 18.0. The van der Waals surface area contributed by atoms with Gasteiger partial charge in [0.1, 0.15) is 12.4 Å². The average molecular weight is 348 g/mol. The van der Waals surface area contributed by atoms with Gasteiger partial charge < -0.3 is 14.7 Å². The lowest BCUT2D eigenvalue weighted by molar-refractivity contribution is -0.133. The van der Waals surface area contributed by atoms with Gasteiger partial charge in [-0.05, 0) is 57.2 Å². The number of hydrogen-bond donors (Lipinski definition) is 0. The summed E-state index contributed by atoms with van der Waals surface area (Å²) in [5, 5.41) is 0. The summed E-state index contributed by atoms with van der Waals surface area (Å²) in [5.41, 5.74) is 0.657. The largest absolute Gasteiger partial charge is 0.341 e. The molecule has 0 aliphatic carbocycles. The van der Waals surface area contributed by atoms with Crippen LogP contribution in [-0.2, 0) is 4.79 Å². The van der Waals surface area contributed by atoms with Gasteiger partial charge in [-0.25, -0.2) is 9.18 Å². The fourth-order valence-corrected chi connectivity index (χ4v) is 3.45. The fraction of sp³-hybridized carbons (Fsp3) is 0.556. The van der Waals surface area contributed by atoms with E-state index in [2.05, 4.69) is 11.9 Å². The molecule has 0 spiro atoms. The van der Waals surface area contributed by atoms with Crippen molar-refractivity contribution in [2.75, 3.05) is 51.7 Å². The van der Waals surface area contributed by atoms with Crippen LogP contribution < -0.4 is 4.90 Å². The van der Waals surface area contributed by atoms with Gasteiger partial charge in [0.25, 0.3) is 0 Å². The number of likely N-dealkylation sites (tertiary alicyclic amines) is 1. The van der Waals surface area contributed by atoms with Crippen molar-refractivity contribution in [2.24, 2.45) is 0 Å². The molecule has 0 radical (unpaired) electrons. The number of nitrogens with zero attached hydrogens (tertiary/aromatic N) is 4. The number of urea groups is 1. The number of rotatable bonds is 4. The first-order valence-electron chi connectivity index (χ1n) is 8.72. The summed E-state index contributed by atoms with van der Waals surface area (Å²) < 4.78 is 13.0. The van der Waals surface area contributed by atoms with E-state index in [1.807, 2.05) is 7.05 Å². The molecule has 3 rings (SSSR count). The lowest BCUT2D eigenvalue weighted by atomic mass is 10.0. The molecule has 2 fully saturated rings. The second kappa shape index (κ2) is 7.39. The van der Waals surface area contributed by atoms with E-state index in [9.17, 15) is 14.0 Å². The molecule has 0 aromatic heterocycles. The summed E-state index contributed by atoms with van der Waals surface area (Å²) in [5.74, 6) is -0.356. The predicted octanol–water partition coefficient (Wildman–Crippen LogP) is 1.62. The van der Waals surface area contributed by atoms with Crippen LogP contribution in [-0.4, -0.2) is 79.5 Å². The van der Waals surface area contributed by atoms with Crippen LogP contribution in [0.5, 0.6) is 0 Å². The zero-order valence-electron chi connectivity index (χ0n) is 14.8. The number of anilines is 1. The molecule has 2 aliphatic rings. The molecular formula is C18H25FN4O2. The van der Waals surface area contributed by atoms with Crippen LogP contribution >= 0.6 is 0 Å². The van der Waals surface area contributed by atoms with Crippen LogP contribution in [0.2, 0.25) is 0 Å². The summed E-state index contributed by atoms with van der Waals surface area (Å²) in [4.78, 5) is 32.3. The standard InChI is InChI=1S/C18H25FN4O2/c1-20-9-7-15(8-10-20)21(2)17(24)13-22-11-12-23(18(22)25)16-5-3-14(19)4-6-16/h3-6,15H,7-13H2,1-2H3. The highest BCUT2D eigenvalue weighted by molar-refractivity contribution is 5.96. The lowest BCUT2D eigenvalue weighted by Crippen LogP contribution is -2.48. The van der Waals surface area contributed by atoms with Gasteiger partial charge in [-0.3, -0.25) is 9.69 Å². The molecule has 25 heavy (non-hydrogen) atoms. The SMILES string of the molecule is CN1CCC(N(C)C(=O)CN2CCN(c3ccc(F)cc3)C2=O)CC1. The molecule has 3 amide bonds. The molecule has 136 valence electrons. The van der Waals surface area contributed by atoms with Crippen molar-refractivity contribution in [1.29, 1.82) is 0 Å². The predicted molar refractivity (Wildman–Crippen MR) is 94.0 cm³/mol. The maximum atomic E-state index is 13.0. The van der Waals surface area contributed by atoms with Gasteiger partial charge >= 0.3 is 6.03 Å². The topological polar surface area (TPSA) is 47.1 Å². The molecule has 0 unspecified atom stereocenters. The quantitative estimate of drug-likeness (QED) is 0.831.